The highest BCUT2D eigenvalue weighted by Crippen LogP contribution is 2.29. The number of hydrogen-bond acceptors (Lipinski definition) is 1. The maximum absolute atomic E-state index is 13.5. The molecule has 0 radical (unpaired) electrons. The second-order valence-electron chi connectivity index (χ2n) is 3.39. The molecule has 0 fully saturated rings. The Morgan fingerprint density at radius 2 is 2.06 bits per heavy atom. The summed E-state index contributed by atoms with van der Waals surface area (Å²) in [5, 5.41) is -0.0263. The average Bonchev–Trinajstić information content (AvgIpc) is 2.76. The normalized spacial score (nSPS) is 12.7. The molecule has 0 bridgehead atoms. The Kier molecular flexibility index (Phi) is 3.52. The monoisotopic (exact) mass is 258 g/mol. The molecule has 1 nitrogen and oxygen atoms in total. The van der Waals surface area contributed by atoms with Gasteiger partial charge in [0.25, 0.3) is 0 Å². The Labute approximate surface area is 103 Å². The molecule has 0 saturated heterocycles. The summed E-state index contributed by atoms with van der Waals surface area (Å²) in [6.07, 6.45) is 1.84. The van der Waals surface area contributed by atoms with Gasteiger partial charge in [-0.15, -0.1) is 11.6 Å². The maximum atomic E-state index is 13.5. The van der Waals surface area contributed by atoms with Gasteiger partial charge in [-0.1, -0.05) is 17.7 Å². The lowest BCUT2D eigenvalue weighted by Crippen LogP contribution is -1.98. The van der Waals surface area contributed by atoms with Crippen LogP contribution in [0.5, 0.6) is 0 Å². The minimum absolute atomic E-state index is 0.306. The molecule has 16 heavy (non-hydrogen) atoms. The van der Waals surface area contributed by atoms with E-state index in [0.717, 1.165) is 0 Å². The van der Waals surface area contributed by atoms with Gasteiger partial charge < -0.3 is 4.42 Å². The summed E-state index contributed by atoms with van der Waals surface area (Å²) < 4.78 is 18.6. The zero-order chi connectivity index (χ0) is 11.5. The number of benzene rings is 1. The molecule has 1 heterocycles. The molecule has 0 aliphatic carbocycles. The van der Waals surface area contributed by atoms with Crippen molar-refractivity contribution in [1.29, 1.82) is 0 Å². The summed E-state index contributed by atoms with van der Waals surface area (Å²) in [5.74, 6) is 0.269. The number of rotatable bonds is 3. The Bertz CT molecular complexity index is 448. The Balaban J connectivity index is 2.21. The highest BCUT2D eigenvalue weighted by atomic mass is 35.5. The number of furan rings is 1. The van der Waals surface area contributed by atoms with Gasteiger partial charge in [-0.2, -0.15) is 0 Å². The molecule has 2 aromatic rings. The topological polar surface area (TPSA) is 13.1 Å². The minimum Gasteiger partial charge on any atom is -0.468 e. The van der Waals surface area contributed by atoms with Gasteiger partial charge >= 0.3 is 0 Å². The predicted molar refractivity (Wildman–Crippen MR) is 62.4 cm³/mol. The van der Waals surface area contributed by atoms with Crippen LogP contribution in [-0.4, -0.2) is 0 Å². The summed E-state index contributed by atoms with van der Waals surface area (Å²) in [7, 11) is 0. The summed E-state index contributed by atoms with van der Waals surface area (Å²) in [6, 6.07) is 8.08. The van der Waals surface area contributed by atoms with Gasteiger partial charge in [-0.3, -0.25) is 0 Å². The smallest absolute Gasteiger partial charge is 0.127 e. The van der Waals surface area contributed by atoms with Gasteiger partial charge in [0.2, 0.25) is 0 Å². The van der Waals surface area contributed by atoms with E-state index in [4.69, 9.17) is 27.6 Å². The number of alkyl halides is 1. The molecule has 1 aromatic carbocycles. The van der Waals surface area contributed by atoms with Crippen molar-refractivity contribution in [3.8, 4) is 0 Å². The molecule has 0 aliphatic rings. The lowest BCUT2D eigenvalue weighted by atomic mass is 10.1. The van der Waals surface area contributed by atoms with Gasteiger partial charge in [0, 0.05) is 17.0 Å². The van der Waals surface area contributed by atoms with Crippen molar-refractivity contribution < 1.29 is 8.81 Å². The van der Waals surface area contributed by atoms with Crippen molar-refractivity contribution in [3.63, 3.8) is 0 Å². The van der Waals surface area contributed by atoms with Gasteiger partial charge in [0.15, 0.2) is 0 Å². The Morgan fingerprint density at radius 3 is 2.69 bits per heavy atom. The Hall–Kier alpha value is -0.990. The van der Waals surface area contributed by atoms with Crippen LogP contribution >= 0.6 is 23.2 Å². The van der Waals surface area contributed by atoms with Gasteiger partial charge in [0.05, 0.1) is 11.6 Å². The van der Waals surface area contributed by atoms with Gasteiger partial charge in [-0.25, -0.2) is 4.39 Å². The predicted octanol–water partition coefficient (Wildman–Crippen LogP) is 4.59. The zero-order valence-corrected chi connectivity index (χ0v) is 9.80. The van der Waals surface area contributed by atoms with E-state index < -0.39 is 5.38 Å². The highest BCUT2D eigenvalue weighted by molar-refractivity contribution is 6.31. The van der Waals surface area contributed by atoms with Crippen LogP contribution in [-0.2, 0) is 6.42 Å². The van der Waals surface area contributed by atoms with Crippen molar-refractivity contribution in [3.05, 3.63) is 58.8 Å². The molecule has 1 unspecified atom stereocenters. The first-order chi connectivity index (χ1) is 7.68. The molecule has 1 atom stereocenters. The van der Waals surface area contributed by atoms with Crippen molar-refractivity contribution in [2.24, 2.45) is 0 Å². The lowest BCUT2D eigenvalue weighted by Gasteiger charge is -2.09. The average molecular weight is 259 g/mol. The fraction of sp³-hybridized carbons (Fsp3) is 0.167. The minimum atomic E-state index is -0.413. The number of halogens is 3. The summed E-state index contributed by atoms with van der Waals surface area (Å²) in [6.45, 7) is 0. The van der Waals surface area contributed by atoms with E-state index in [1.165, 1.54) is 12.3 Å². The lowest BCUT2D eigenvalue weighted by molar-refractivity contribution is 0.499. The fourth-order valence-corrected chi connectivity index (χ4v) is 2.00. The molecular weight excluding hydrogens is 250 g/mol. The van der Waals surface area contributed by atoms with Crippen LogP contribution < -0.4 is 0 Å². The maximum Gasteiger partial charge on any atom is 0.127 e. The quantitative estimate of drug-likeness (QED) is 0.734. The Morgan fingerprint density at radius 1 is 1.25 bits per heavy atom. The second-order valence-corrected chi connectivity index (χ2v) is 4.32. The van der Waals surface area contributed by atoms with E-state index in [2.05, 4.69) is 0 Å². The standard InChI is InChI=1S/C12H9Cl2FO/c13-9-3-1-4-11(15)8(9)7-10(14)12-5-2-6-16-12/h1-6,10H,7H2. The highest BCUT2D eigenvalue weighted by Gasteiger charge is 2.16. The van der Waals surface area contributed by atoms with Crippen LogP contribution in [0, 0.1) is 5.82 Å². The molecule has 0 amide bonds. The summed E-state index contributed by atoms with van der Waals surface area (Å²) in [4.78, 5) is 0. The van der Waals surface area contributed by atoms with Crippen molar-refractivity contribution in [1.82, 2.24) is 0 Å². The number of hydrogen-bond donors (Lipinski definition) is 0. The molecule has 0 spiro atoms. The summed E-state index contributed by atoms with van der Waals surface area (Å²) >= 11 is 12.0. The third-order valence-corrected chi connectivity index (χ3v) is 3.02. The zero-order valence-electron chi connectivity index (χ0n) is 8.29. The van der Waals surface area contributed by atoms with Crippen molar-refractivity contribution in [2.45, 2.75) is 11.8 Å². The van der Waals surface area contributed by atoms with Crippen LogP contribution in [0.1, 0.15) is 16.7 Å². The SMILES string of the molecule is Fc1cccc(Cl)c1CC(Cl)c1ccco1. The van der Waals surface area contributed by atoms with Crippen LogP contribution in [0.4, 0.5) is 4.39 Å². The first-order valence-corrected chi connectivity index (χ1v) is 5.60. The molecule has 4 heteroatoms. The molecular formula is C12H9Cl2FO. The molecule has 84 valence electrons. The van der Waals surface area contributed by atoms with Crippen LogP contribution in [0.25, 0.3) is 0 Å². The van der Waals surface area contributed by atoms with Crippen molar-refractivity contribution >= 4 is 23.2 Å². The van der Waals surface area contributed by atoms with E-state index >= 15 is 0 Å². The first kappa shape index (κ1) is 11.5. The van der Waals surface area contributed by atoms with E-state index in [0.29, 0.717) is 22.8 Å². The first-order valence-electron chi connectivity index (χ1n) is 4.79. The molecule has 0 N–H and O–H groups in total. The van der Waals surface area contributed by atoms with Gasteiger partial charge in [-0.05, 0) is 24.3 Å². The third-order valence-electron chi connectivity index (χ3n) is 2.30. The van der Waals surface area contributed by atoms with Crippen LogP contribution in [0.3, 0.4) is 0 Å². The largest absolute Gasteiger partial charge is 0.468 e. The van der Waals surface area contributed by atoms with E-state index in [1.54, 1.807) is 24.3 Å². The second kappa shape index (κ2) is 4.89. The van der Waals surface area contributed by atoms with E-state index in [1.807, 2.05) is 0 Å². The van der Waals surface area contributed by atoms with Crippen molar-refractivity contribution in [2.75, 3.05) is 0 Å². The third kappa shape index (κ3) is 2.39. The molecule has 0 saturated carbocycles. The molecule has 2 rings (SSSR count). The van der Waals surface area contributed by atoms with Crippen LogP contribution in [0.2, 0.25) is 5.02 Å². The van der Waals surface area contributed by atoms with Crippen LogP contribution in [0.15, 0.2) is 41.0 Å². The molecule has 0 aliphatic heterocycles. The van der Waals surface area contributed by atoms with E-state index in [9.17, 15) is 4.39 Å². The fourth-order valence-electron chi connectivity index (χ4n) is 1.48. The molecule has 1 aromatic heterocycles. The van der Waals surface area contributed by atoms with Gasteiger partial charge in [0.1, 0.15) is 11.6 Å². The summed E-state index contributed by atoms with van der Waals surface area (Å²) in [5.41, 5.74) is 0.417. The van der Waals surface area contributed by atoms with E-state index in [-0.39, 0.29) is 5.82 Å².